The molecule has 4 rings (SSSR count). The van der Waals surface area contributed by atoms with E-state index in [0.29, 0.717) is 36.0 Å². The smallest absolute Gasteiger partial charge is 0.335 e. The Hall–Kier alpha value is -4.39. The molecule has 0 aromatic heterocycles. The number of hydrogen-bond donors (Lipinski definition) is 1. The van der Waals surface area contributed by atoms with Crippen LogP contribution in [0.3, 0.4) is 0 Å². The Bertz CT molecular complexity index is 1210. The van der Waals surface area contributed by atoms with Crippen molar-refractivity contribution >= 4 is 29.6 Å². The minimum Gasteiger partial charge on any atom is -0.490 e. The lowest BCUT2D eigenvalue weighted by molar-refractivity contribution is -0.122. The van der Waals surface area contributed by atoms with Crippen LogP contribution in [0.2, 0.25) is 0 Å². The normalized spacial score (nSPS) is 14.9. The summed E-state index contributed by atoms with van der Waals surface area (Å²) in [5.41, 5.74) is 1.80. The number of nitrogens with one attached hydrogen (secondary N) is 1. The lowest BCUT2D eigenvalue weighted by Crippen LogP contribution is -2.54. The molecule has 0 radical (unpaired) electrons. The van der Waals surface area contributed by atoms with Crippen LogP contribution in [0, 0.1) is 0 Å². The summed E-state index contributed by atoms with van der Waals surface area (Å²) in [6, 6.07) is 22.5. The van der Waals surface area contributed by atoms with Gasteiger partial charge in [-0.3, -0.25) is 14.9 Å². The second-order valence-corrected chi connectivity index (χ2v) is 7.21. The number of imide groups is 2. The molecule has 1 fully saturated rings. The van der Waals surface area contributed by atoms with Crippen LogP contribution in [0.4, 0.5) is 10.5 Å². The Morgan fingerprint density at radius 3 is 2.24 bits per heavy atom. The highest BCUT2D eigenvalue weighted by molar-refractivity contribution is 6.39. The van der Waals surface area contributed by atoms with Gasteiger partial charge in [0.15, 0.2) is 11.5 Å². The number of para-hydroxylation sites is 1. The van der Waals surface area contributed by atoms with Gasteiger partial charge in [0, 0.05) is 0 Å². The summed E-state index contributed by atoms with van der Waals surface area (Å²) in [4.78, 5) is 38.7. The molecule has 3 aromatic rings. The first-order valence-electron chi connectivity index (χ1n) is 10.5. The highest BCUT2D eigenvalue weighted by Crippen LogP contribution is 2.31. The molecule has 1 heterocycles. The lowest BCUT2D eigenvalue weighted by Gasteiger charge is -2.26. The molecule has 4 amide bonds. The summed E-state index contributed by atoms with van der Waals surface area (Å²) < 4.78 is 11.6. The van der Waals surface area contributed by atoms with E-state index >= 15 is 0 Å². The van der Waals surface area contributed by atoms with Gasteiger partial charge in [0.1, 0.15) is 12.2 Å². The molecular weight excluding hydrogens is 420 g/mol. The van der Waals surface area contributed by atoms with Crippen molar-refractivity contribution in [3.05, 3.63) is 95.6 Å². The van der Waals surface area contributed by atoms with Crippen LogP contribution in [0.25, 0.3) is 6.08 Å². The first-order valence-corrected chi connectivity index (χ1v) is 10.5. The lowest BCUT2D eigenvalue weighted by atomic mass is 10.1. The SMILES string of the molecule is CCOc1cc(/C=C2\C(=O)NC(=O)N(c3ccccc3)C2=O)ccc1OCc1ccccc1. The fourth-order valence-corrected chi connectivity index (χ4v) is 3.37. The zero-order valence-electron chi connectivity index (χ0n) is 18.0. The van der Waals surface area contributed by atoms with Crippen LogP contribution in [0.1, 0.15) is 18.1 Å². The number of urea groups is 1. The Labute approximate surface area is 191 Å². The molecule has 0 spiro atoms. The van der Waals surface area contributed by atoms with Gasteiger partial charge in [-0.05, 0) is 48.4 Å². The third-order valence-corrected chi connectivity index (χ3v) is 4.93. The summed E-state index contributed by atoms with van der Waals surface area (Å²) >= 11 is 0. The van der Waals surface area contributed by atoms with Crippen molar-refractivity contribution in [1.82, 2.24) is 5.32 Å². The summed E-state index contributed by atoms with van der Waals surface area (Å²) in [6.45, 7) is 2.64. The Kier molecular flexibility index (Phi) is 6.50. The largest absolute Gasteiger partial charge is 0.490 e. The van der Waals surface area contributed by atoms with Gasteiger partial charge in [-0.25, -0.2) is 9.69 Å². The fraction of sp³-hybridized carbons (Fsp3) is 0.115. The number of anilines is 1. The highest BCUT2D eigenvalue weighted by Gasteiger charge is 2.36. The number of hydrogen-bond acceptors (Lipinski definition) is 5. The number of carbonyl (C=O) groups is 3. The third kappa shape index (κ3) is 4.93. The van der Waals surface area contributed by atoms with E-state index in [9.17, 15) is 14.4 Å². The first-order chi connectivity index (χ1) is 16.1. The number of rotatable bonds is 7. The Balaban J connectivity index is 1.61. The monoisotopic (exact) mass is 442 g/mol. The molecule has 0 bridgehead atoms. The zero-order valence-corrected chi connectivity index (χ0v) is 18.0. The number of carbonyl (C=O) groups excluding carboxylic acids is 3. The Morgan fingerprint density at radius 2 is 1.55 bits per heavy atom. The van der Waals surface area contributed by atoms with Crippen LogP contribution in [0.5, 0.6) is 11.5 Å². The van der Waals surface area contributed by atoms with Crippen LogP contribution < -0.4 is 19.7 Å². The van der Waals surface area contributed by atoms with Crippen molar-refractivity contribution < 1.29 is 23.9 Å². The maximum Gasteiger partial charge on any atom is 0.335 e. The van der Waals surface area contributed by atoms with Gasteiger partial charge >= 0.3 is 6.03 Å². The number of benzene rings is 3. The van der Waals surface area contributed by atoms with Gasteiger partial charge in [0.05, 0.1) is 12.3 Å². The molecule has 7 nitrogen and oxygen atoms in total. The topological polar surface area (TPSA) is 84.9 Å². The predicted octanol–water partition coefficient (Wildman–Crippen LogP) is 4.33. The second kappa shape index (κ2) is 9.82. The number of nitrogens with zero attached hydrogens (tertiary/aromatic N) is 1. The summed E-state index contributed by atoms with van der Waals surface area (Å²) in [5, 5.41) is 2.22. The Morgan fingerprint density at radius 1 is 0.848 bits per heavy atom. The predicted molar refractivity (Wildman–Crippen MR) is 124 cm³/mol. The van der Waals surface area contributed by atoms with Crippen LogP contribution in [0.15, 0.2) is 84.4 Å². The first kappa shape index (κ1) is 21.8. The van der Waals surface area contributed by atoms with E-state index in [-0.39, 0.29) is 5.57 Å². The molecule has 1 N–H and O–H groups in total. The van der Waals surface area contributed by atoms with Gasteiger partial charge in [-0.1, -0.05) is 54.6 Å². The van der Waals surface area contributed by atoms with Crippen molar-refractivity contribution in [2.24, 2.45) is 0 Å². The van der Waals surface area contributed by atoms with Gasteiger partial charge in [0.2, 0.25) is 0 Å². The summed E-state index contributed by atoms with van der Waals surface area (Å²) in [6.07, 6.45) is 1.43. The molecule has 1 saturated heterocycles. The molecule has 1 aliphatic heterocycles. The standard InChI is InChI=1S/C26H22N2O5/c1-2-32-23-16-19(13-14-22(23)33-17-18-9-5-3-6-10-18)15-21-24(29)27-26(31)28(25(21)30)20-11-7-4-8-12-20/h3-16H,2,17H2,1H3,(H,27,29,31)/b21-15+. The second-order valence-electron chi connectivity index (χ2n) is 7.21. The van der Waals surface area contributed by atoms with E-state index < -0.39 is 17.8 Å². The maximum absolute atomic E-state index is 13.0. The van der Waals surface area contributed by atoms with Crippen LogP contribution >= 0.6 is 0 Å². The van der Waals surface area contributed by atoms with Gasteiger partial charge < -0.3 is 9.47 Å². The van der Waals surface area contributed by atoms with Crippen molar-refractivity contribution in [3.63, 3.8) is 0 Å². The number of amides is 4. The molecule has 0 atom stereocenters. The van der Waals surface area contributed by atoms with Gasteiger partial charge in [-0.2, -0.15) is 0 Å². The van der Waals surface area contributed by atoms with Crippen LogP contribution in [-0.4, -0.2) is 24.5 Å². The van der Waals surface area contributed by atoms with Gasteiger partial charge in [0.25, 0.3) is 11.8 Å². The minimum absolute atomic E-state index is 0.154. The molecular formula is C26H22N2O5. The molecule has 166 valence electrons. The highest BCUT2D eigenvalue weighted by atomic mass is 16.5. The molecule has 7 heteroatoms. The summed E-state index contributed by atoms with van der Waals surface area (Å²) in [5.74, 6) is -0.414. The quantitative estimate of drug-likeness (QED) is 0.435. The molecule has 1 aliphatic rings. The average Bonchev–Trinajstić information content (AvgIpc) is 2.83. The number of ether oxygens (including phenoxy) is 2. The van der Waals surface area contributed by atoms with E-state index in [1.54, 1.807) is 48.5 Å². The average molecular weight is 442 g/mol. The zero-order chi connectivity index (χ0) is 23.2. The van der Waals surface area contributed by atoms with Crippen molar-refractivity contribution in [1.29, 1.82) is 0 Å². The molecule has 0 saturated carbocycles. The third-order valence-electron chi connectivity index (χ3n) is 4.93. The van der Waals surface area contributed by atoms with Crippen molar-refractivity contribution in [2.45, 2.75) is 13.5 Å². The minimum atomic E-state index is -0.784. The van der Waals surface area contributed by atoms with Crippen molar-refractivity contribution in [3.8, 4) is 11.5 Å². The van der Waals surface area contributed by atoms with Crippen LogP contribution in [-0.2, 0) is 16.2 Å². The van der Waals surface area contributed by atoms with E-state index in [4.69, 9.17) is 9.47 Å². The summed E-state index contributed by atoms with van der Waals surface area (Å²) in [7, 11) is 0. The van der Waals surface area contributed by atoms with E-state index in [0.717, 1.165) is 10.5 Å². The van der Waals surface area contributed by atoms with E-state index in [1.807, 2.05) is 37.3 Å². The van der Waals surface area contributed by atoms with E-state index in [1.165, 1.54) is 6.08 Å². The fourth-order valence-electron chi connectivity index (χ4n) is 3.37. The molecule has 0 aliphatic carbocycles. The molecule has 3 aromatic carbocycles. The van der Waals surface area contributed by atoms with E-state index in [2.05, 4.69) is 5.32 Å². The van der Waals surface area contributed by atoms with Crippen molar-refractivity contribution in [2.75, 3.05) is 11.5 Å². The molecule has 33 heavy (non-hydrogen) atoms. The molecule has 0 unspecified atom stereocenters. The number of barbiturate groups is 1. The van der Waals surface area contributed by atoms with Gasteiger partial charge in [-0.15, -0.1) is 0 Å². The maximum atomic E-state index is 13.0.